The van der Waals surface area contributed by atoms with E-state index in [-0.39, 0.29) is 16.9 Å². The maximum atomic E-state index is 13.9. The third kappa shape index (κ3) is 3.23. The predicted octanol–water partition coefficient (Wildman–Crippen LogP) is 3.98. The molecule has 1 heterocycles. The predicted molar refractivity (Wildman–Crippen MR) is 92.5 cm³/mol. The molecule has 0 fully saturated rings. The van der Waals surface area contributed by atoms with Gasteiger partial charge in [-0.15, -0.1) is 10.2 Å². The normalized spacial score (nSPS) is 12.1. The SMILES string of the molecule is C[C@@H](Sc1nnc(-c2ccccc2F)n1C)C(=O)c1ccccc1. The molecule has 0 amide bonds. The summed E-state index contributed by atoms with van der Waals surface area (Å²) in [7, 11) is 1.77. The fourth-order valence-corrected chi connectivity index (χ4v) is 3.24. The van der Waals surface area contributed by atoms with Gasteiger partial charge in [-0.1, -0.05) is 54.2 Å². The first-order valence-electron chi connectivity index (χ1n) is 7.48. The van der Waals surface area contributed by atoms with Crippen molar-refractivity contribution in [1.82, 2.24) is 14.8 Å². The van der Waals surface area contributed by atoms with Gasteiger partial charge in [-0.25, -0.2) is 4.39 Å². The van der Waals surface area contributed by atoms with Crippen molar-refractivity contribution in [3.8, 4) is 11.4 Å². The van der Waals surface area contributed by atoms with Crippen molar-refractivity contribution in [1.29, 1.82) is 0 Å². The second kappa shape index (κ2) is 6.97. The highest BCUT2D eigenvalue weighted by molar-refractivity contribution is 8.00. The van der Waals surface area contributed by atoms with E-state index in [4.69, 9.17) is 0 Å². The van der Waals surface area contributed by atoms with Gasteiger partial charge in [-0.2, -0.15) is 0 Å². The molecule has 0 radical (unpaired) electrons. The van der Waals surface area contributed by atoms with Crippen LogP contribution in [0.3, 0.4) is 0 Å². The van der Waals surface area contributed by atoms with Crippen LogP contribution in [0, 0.1) is 5.82 Å². The monoisotopic (exact) mass is 341 g/mol. The number of thioether (sulfide) groups is 1. The fourth-order valence-electron chi connectivity index (χ4n) is 2.34. The summed E-state index contributed by atoms with van der Waals surface area (Å²) in [4.78, 5) is 12.5. The van der Waals surface area contributed by atoms with Gasteiger partial charge in [0.05, 0.1) is 10.8 Å². The zero-order valence-electron chi connectivity index (χ0n) is 13.3. The van der Waals surface area contributed by atoms with Crippen molar-refractivity contribution in [2.75, 3.05) is 0 Å². The average molecular weight is 341 g/mol. The highest BCUT2D eigenvalue weighted by Gasteiger charge is 2.21. The van der Waals surface area contributed by atoms with Gasteiger partial charge in [-0.05, 0) is 19.1 Å². The number of Topliss-reactive ketones (excluding diaryl/α,β-unsaturated/α-hetero) is 1. The van der Waals surface area contributed by atoms with E-state index >= 15 is 0 Å². The van der Waals surface area contributed by atoms with Crippen molar-refractivity contribution in [2.45, 2.75) is 17.3 Å². The maximum Gasteiger partial charge on any atom is 0.191 e. The third-order valence-corrected chi connectivity index (χ3v) is 4.79. The highest BCUT2D eigenvalue weighted by Crippen LogP contribution is 2.28. The minimum atomic E-state index is -0.349. The summed E-state index contributed by atoms with van der Waals surface area (Å²) in [5.74, 6) is 0.115. The molecule has 0 N–H and O–H groups in total. The summed E-state index contributed by atoms with van der Waals surface area (Å²) >= 11 is 1.31. The minimum Gasteiger partial charge on any atom is -0.305 e. The highest BCUT2D eigenvalue weighted by atomic mass is 32.2. The summed E-state index contributed by atoms with van der Waals surface area (Å²) in [6.07, 6.45) is 0. The number of aromatic nitrogens is 3. The molecule has 24 heavy (non-hydrogen) atoms. The Bertz CT molecular complexity index is 864. The molecular weight excluding hydrogens is 325 g/mol. The standard InChI is InChI=1S/C18H16FN3OS/c1-12(16(23)13-8-4-3-5-9-13)24-18-21-20-17(22(18)2)14-10-6-7-11-15(14)19/h3-12H,1-2H3/t12-/m1/s1. The second-order valence-corrected chi connectivity index (χ2v) is 6.64. The number of halogens is 1. The molecule has 4 nitrogen and oxygen atoms in total. The third-order valence-electron chi connectivity index (χ3n) is 3.66. The fraction of sp³-hybridized carbons (Fsp3) is 0.167. The Morgan fingerprint density at radius 2 is 1.75 bits per heavy atom. The molecule has 0 aliphatic carbocycles. The Morgan fingerprint density at radius 1 is 1.08 bits per heavy atom. The minimum absolute atomic E-state index is 0.0241. The molecule has 2 aromatic carbocycles. The van der Waals surface area contributed by atoms with E-state index in [0.717, 1.165) is 0 Å². The van der Waals surface area contributed by atoms with Crippen LogP contribution in [-0.4, -0.2) is 25.8 Å². The van der Waals surface area contributed by atoms with Gasteiger partial charge >= 0.3 is 0 Å². The van der Waals surface area contributed by atoms with E-state index in [1.807, 2.05) is 25.1 Å². The van der Waals surface area contributed by atoms with E-state index in [1.165, 1.54) is 17.8 Å². The number of benzene rings is 2. The molecule has 3 rings (SSSR count). The Balaban J connectivity index is 1.82. The van der Waals surface area contributed by atoms with Crippen molar-refractivity contribution in [2.24, 2.45) is 7.05 Å². The first kappa shape index (κ1) is 16.4. The molecule has 0 bridgehead atoms. The van der Waals surface area contributed by atoms with E-state index < -0.39 is 0 Å². The first-order chi connectivity index (χ1) is 11.6. The van der Waals surface area contributed by atoms with Crippen LogP contribution in [-0.2, 0) is 7.05 Å². The second-order valence-electron chi connectivity index (χ2n) is 5.34. The molecule has 0 unspecified atom stereocenters. The molecule has 0 aliphatic heterocycles. The van der Waals surface area contributed by atoms with Crippen LogP contribution in [0.5, 0.6) is 0 Å². The molecule has 6 heteroatoms. The summed E-state index contributed by atoms with van der Waals surface area (Å²) in [5.41, 5.74) is 1.05. The lowest BCUT2D eigenvalue weighted by atomic mass is 10.1. The van der Waals surface area contributed by atoms with E-state index in [9.17, 15) is 9.18 Å². The van der Waals surface area contributed by atoms with Gasteiger partial charge in [0.2, 0.25) is 0 Å². The van der Waals surface area contributed by atoms with Gasteiger partial charge in [0, 0.05) is 12.6 Å². The van der Waals surface area contributed by atoms with Gasteiger partial charge in [0.25, 0.3) is 0 Å². The molecule has 0 saturated carbocycles. The van der Waals surface area contributed by atoms with Crippen LogP contribution in [0.1, 0.15) is 17.3 Å². The Labute approximate surface area is 143 Å². The maximum absolute atomic E-state index is 13.9. The van der Waals surface area contributed by atoms with E-state index in [2.05, 4.69) is 10.2 Å². The van der Waals surface area contributed by atoms with Crippen molar-refractivity contribution in [3.63, 3.8) is 0 Å². The molecule has 122 valence electrons. The molecular formula is C18H16FN3OS. The number of hydrogen-bond acceptors (Lipinski definition) is 4. The zero-order chi connectivity index (χ0) is 17.1. The molecule has 0 aliphatic rings. The van der Waals surface area contributed by atoms with E-state index in [1.54, 1.807) is 41.9 Å². The summed E-state index contributed by atoms with van der Waals surface area (Å²) < 4.78 is 15.6. The van der Waals surface area contributed by atoms with Crippen LogP contribution >= 0.6 is 11.8 Å². The molecule has 1 aromatic heterocycles. The first-order valence-corrected chi connectivity index (χ1v) is 8.36. The average Bonchev–Trinajstić information content (AvgIpc) is 2.96. The van der Waals surface area contributed by atoms with Crippen LogP contribution in [0.2, 0.25) is 0 Å². The number of hydrogen-bond donors (Lipinski definition) is 0. The lowest BCUT2D eigenvalue weighted by molar-refractivity contribution is 0.0994. The lowest BCUT2D eigenvalue weighted by Gasteiger charge is -2.10. The quantitative estimate of drug-likeness (QED) is 0.520. The Hall–Kier alpha value is -2.47. The van der Waals surface area contributed by atoms with Crippen LogP contribution in [0.4, 0.5) is 4.39 Å². The number of carbonyl (C=O) groups excluding carboxylic acids is 1. The summed E-state index contributed by atoms with van der Waals surface area (Å²) in [6.45, 7) is 1.83. The van der Waals surface area contributed by atoms with Crippen LogP contribution in [0.25, 0.3) is 11.4 Å². The van der Waals surface area contributed by atoms with Crippen molar-refractivity contribution in [3.05, 3.63) is 66.0 Å². The molecule has 3 aromatic rings. The lowest BCUT2D eigenvalue weighted by Crippen LogP contribution is -2.14. The van der Waals surface area contributed by atoms with Crippen molar-refractivity contribution >= 4 is 17.5 Å². The van der Waals surface area contributed by atoms with Crippen LogP contribution < -0.4 is 0 Å². The largest absolute Gasteiger partial charge is 0.305 e. The Kier molecular flexibility index (Phi) is 4.76. The summed E-state index contributed by atoms with van der Waals surface area (Å²) in [5, 5.41) is 8.44. The van der Waals surface area contributed by atoms with Gasteiger partial charge in [0.1, 0.15) is 5.82 Å². The Morgan fingerprint density at radius 3 is 2.46 bits per heavy atom. The molecule has 0 spiro atoms. The van der Waals surface area contributed by atoms with Crippen LogP contribution in [0.15, 0.2) is 59.8 Å². The number of carbonyl (C=O) groups is 1. The molecule has 0 saturated heterocycles. The van der Waals surface area contributed by atoms with Gasteiger partial charge in [-0.3, -0.25) is 4.79 Å². The number of ketones is 1. The number of rotatable bonds is 5. The number of nitrogens with zero attached hydrogens (tertiary/aromatic N) is 3. The zero-order valence-corrected chi connectivity index (χ0v) is 14.1. The smallest absolute Gasteiger partial charge is 0.191 e. The topological polar surface area (TPSA) is 47.8 Å². The van der Waals surface area contributed by atoms with Gasteiger partial charge in [0.15, 0.2) is 16.8 Å². The van der Waals surface area contributed by atoms with Crippen molar-refractivity contribution < 1.29 is 9.18 Å². The van der Waals surface area contributed by atoms with E-state index in [0.29, 0.717) is 22.1 Å². The van der Waals surface area contributed by atoms with Gasteiger partial charge < -0.3 is 4.57 Å². The molecule has 1 atom stereocenters. The summed E-state index contributed by atoms with van der Waals surface area (Å²) in [6, 6.07) is 15.6.